The molecule has 5 bridgehead atoms. The van der Waals surface area contributed by atoms with E-state index in [0.717, 1.165) is 25.2 Å². The number of aliphatic hydroxyl groups is 2. The van der Waals surface area contributed by atoms with Gasteiger partial charge in [0.2, 0.25) is 17.0 Å². The number of carbonyl (C=O) groups is 6. The lowest BCUT2D eigenvalue weighted by Crippen LogP contribution is -2.49. The van der Waals surface area contributed by atoms with Gasteiger partial charge in [0.15, 0.2) is 11.6 Å². The van der Waals surface area contributed by atoms with Crippen LogP contribution in [0.3, 0.4) is 0 Å². The molecule has 440 valence electrons. The molecule has 2 saturated heterocycles. The van der Waals surface area contributed by atoms with Crippen molar-refractivity contribution in [3.8, 4) is 17.2 Å². The minimum absolute atomic E-state index is 0.0434. The number of piperidine rings is 1. The van der Waals surface area contributed by atoms with Crippen LogP contribution in [0.25, 0.3) is 10.9 Å². The van der Waals surface area contributed by atoms with Crippen molar-refractivity contribution in [2.45, 2.75) is 136 Å². The first-order valence-corrected chi connectivity index (χ1v) is 27.8. The second-order valence-electron chi connectivity index (χ2n) is 22.8. The Balaban J connectivity index is 1.02. The van der Waals surface area contributed by atoms with Gasteiger partial charge in [-0.3, -0.25) is 28.8 Å². The van der Waals surface area contributed by atoms with Crippen molar-refractivity contribution in [3.05, 3.63) is 104 Å². The molecule has 82 heavy (non-hydrogen) atoms. The number of nitrogens with one attached hydrogen (secondary N) is 2. The lowest BCUT2D eigenvalue weighted by molar-refractivity contribution is -0.160. The molecule has 1 aromatic heterocycles. The largest absolute Gasteiger partial charge is 0.507 e. The number of esters is 1. The Morgan fingerprint density at radius 1 is 0.866 bits per heavy atom. The topological polar surface area (TPSA) is 282 Å². The zero-order valence-corrected chi connectivity index (χ0v) is 47.7. The van der Waals surface area contributed by atoms with E-state index < -0.39 is 128 Å². The number of hydrogen-bond donors (Lipinski definition) is 6. The molecule has 0 spiro atoms. The highest BCUT2D eigenvalue weighted by Gasteiger charge is 2.53. The van der Waals surface area contributed by atoms with Crippen molar-refractivity contribution in [1.82, 2.24) is 20.1 Å². The van der Waals surface area contributed by atoms with E-state index in [0.29, 0.717) is 37.9 Å². The van der Waals surface area contributed by atoms with E-state index in [1.54, 1.807) is 49.3 Å². The van der Waals surface area contributed by atoms with Crippen LogP contribution in [0.15, 0.2) is 64.6 Å². The van der Waals surface area contributed by atoms with Crippen LogP contribution in [0.5, 0.6) is 17.2 Å². The Bertz CT molecular complexity index is 3340. The number of anilines is 1. The third-order valence-corrected chi connectivity index (χ3v) is 17.3. The Labute approximate surface area is 473 Å². The van der Waals surface area contributed by atoms with Gasteiger partial charge < -0.3 is 69.1 Å². The number of aromatic hydroxyl groups is 1. The number of amides is 1. The summed E-state index contributed by atoms with van der Waals surface area (Å²) in [6, 6.07) is 0.711. The van der Waals surface area contributed by atoms with E-state index in [9.17, 15) is 44.4 Å². The fourth-order valence-corrected chi connectivity index (χ4v) is 12.4. The van der Waals surface area contributed by atoms with Gasteiger partial charge in [0.25, 0.3) is 11.7 Å². The number of phenolic OH excluding ortho intramolecular Hbond substituents is 1. The van der Waals surface area contributed by atoms with Crippen molar-refractivity contribution < 1.29 is 77.3 Å². The summed E-state index contributed by atoms with van der Waals surface area (Å²) < 4.78 is 47.6. The van der Waals surface area contributed by atoms with Crippen molar-refractivity contribution in [1.29, 1.82) is 0 Å². The first kappa shape index (κ1) is 59.2. The Kier molecular flexibility index (Phi) is 16.7. The number of ether oxygens (including phenoxy) is 5. The van der Waals surface area contributed by atoms with Gasteiger partial charge in [0.1, 0.15) is 40.2 Å². The number of carboxylic acids is 1. The zero-order chi connectivity index (χ0) is 59.5. The molecule has 6 N–H and O–H groups in total. The van der Waals surface area contributed by atoms with Gasteiger partial charge in [-0.15, -0.1) is 0 Å². The van der Waals surface area contributed by atoms with Crippen molar-refractivity contribution >= 4 is 51.8 Å². The summed E-state index contributed by atoms with van der Waals surface area (Å²) in [6.07, 6.45) is 7.42. The van der Waals surface area contributed by atoms with Crippen molar-refractivity contribution in [2.24, 2.45) is 23.7 Å². The van der Waals surface area contributed by atoms with E-state index in [4.69, 9.17) is 23.7 Å². The minimum Gasteiger partial charge on any atom is -0.507 e. The molecule has 10 atom stereocenters. The van der Waals surface area contributed by atoms with E-state index >= 15 is 14.0 Å². The first-order chi connectivity index (χ1) is 38.8. The van der Waals surface area contributed by atoms with Crippen LogP contribution in [-0.2, 0) is 23.8 Å². The molecule has 2 aliphatic carbocycles. The quantitative estimate of drug-likeness (QED) is 0.138. The van der Waals surface area contributed by atoms with Crippen LogP contribution in [0.2, 0.25) is 0 Å². The predicted octanol–water partition coefficient (Wildman–Crippen LogP) is 5.79. The van der Waals surface area contributed by atoms with Crippen LogP contribution < -0.4 is 30.4 Å². The molecular formula is C60H72FN5O16. The van der Waals surface area contributed by atoms with E-state index in [2.05, 4.69) is 10.6 Å². The number of pyridine rings is 1. The fraction of sp³-hybridized carbons (Fsp3) is 0.517. The average molecular weight is 1140 g/mol. The molecule has 22 heteroatoms. The number of aromatic carboxylic acids is 1. The number of aliphatic hydroxyl groups excluding tert-OH is 2. The number of fused-ring (bicyclic) bond motifs is 15. The molecule has 10 rings (SSSR count). The molecule has 1 unspecified atom stereocenters. The Morgan fingerprint density at radius 3 is 2.17 bits per heavy atom. The Morgan fingerprint density at radius 2 is 1.54 bits per heavy atom. The summed E-state index contributed by atoms with van der Waals surface area (Å²) in [6.45, 7) is 13.4. The molecule has 2 aromatic carbocycles. The third-order valence-electron chi connectivity index (χ3n) is 17.3. The monoisotopic (exact) mass is 1140 g/mol. The number of methoxy groups -OCH3 is 2. The number of halogens is 1. The van der Waals surface area contributed by atoms with Gasteiger partial charge in [0, 0.05) is 106 Å². The maximum absolute atomic E-state index is 16.3. The highest BCUT2D eigenvalue weighted by Crippen LogP contribution is 2.50. The number of carbonyl (C=O) groups excluding carboxylic acids is 5. The number of allylic oxidation sites excluding steroid dienone is 4. The van der Waals surface area contributed by atoms with Crippen molar-refractivity contribution in [2.75, 3.05) is 45.3 Å². The van der Waals surface area contributed by atoms with Crippen LogP contribution >= 0.6 is 0 Å². The molecule has 5 aliphatic heterocycles. The summed E-state index contributed by atoms with van der Waals surface area (Å²) in [7, 11) is 2.80. The molecule has 1 amide bonds. The summed E-state index contributed by atoms with van der Waals surface area (Å²) in [5, 5.41) is 51.1. The first-order valence-electron chi connectivity index (χ1n) is 27.8. The summed E-state index contributed by atoms with van der Waals surface area (Å²) in [5.74, 6) is -11.7. The molecular weight excluding hydrogens is 1070 g/mol. The van der Waals surface area contributed by atoms with E-state index in [1.165, 1.54) is 60.3 Å². The number of nitrogens with zero attached hydrogens (tertiary/aromatic N) is 3. The van der Waals surface area contributed by atoms with Gasteiger partial charge in [0.05, 0.1) is 59.3 Å². The summed E-state index contributed by atoms with van der Waals surface area (Å²) >= 11 is 0. The van der Waals surface area contributed by atoms with Gasteiger partial charge in [-0.25, -0.2) is 9.18 Å². The number of benzene rings is 2. The standard InChI is InChI=1S/C60H72FN5O16/c1-27-12-11-13-28(2)58(75)63-44-47(64-20-16-34(17-21-64)62-35-18-22-65(25-35)46-39(61)24-37-45(56(46)79-10)66(36-14-15-36)26-38(51(37)71)59(76)77)53(73)41-42(52(44)72)50(70)32(6)55-43(41)57(74)60(8,82-55)80-23-19-40(78-9)29(3)54(81-33(7)67)31(5)49(69)30(4)48(27)68/h11-13,19,23-24,26-27,29-31,34-36,40,48-49,54,62,68-70H,14-18,20-22,25H2,1-10H3,(H,63,75)(H,76,77)/t27-,29+,30+,31+,35?,40-,48-,49+,54+,60-/m0/s1. The molecule has 1 saturated carbocycles. The smallest absolute Gasteiger partial charge is 0.341 e. The fourth-order valence-electron chi connectivity index (χ4n) is 12.4. The molecule has 3 fully saturated rings. The van der Waals surface area contributed by atoms with Crippen LogP contribution in [-0.4, -0.2) is 148 Å². The van der Waals surface area contributed by atoms with Gasteiger partial charge in [-0.2, -0.15) is 0 Å². The lowest BCUT2D eigenvalue weighted by Gasteiger charge is -2.38. The van der Waals surface area contributed by atoms with Gasteiger partial charge in [-0.1, -0.05) is 45.9 Å². The number of rotatable bonds is 9. The highest BCUT2D eigenvalue weighted by atomic mass is 19.1. The van der Waals surface area contributed by atoms with Crippen molar-refractivity contribution in [3.63, 3.8) is 0 Å². The highest BCUT2D eigenvalue weighted by molar-refractivity contribution is 6.32. The number of phenols is 1. The van der Waals surface area contributed by atoms with Gasteiger partial charge >= 0.3 is 17.7 Å². The number of hydrogen-bond acceptors (Lipinski definition) is 18. The second-order valence-corrected chi connectivity index (χ2v) is 22.8. The SMILES string of the molecule is COc1c(N2CCC(NC3CCN(C4=C5NC(=O)C(C)=CC=C[C@H](C)[C@H](O)[C@@H](C)[C@@H](O)[C@@H](C)[C@H](OC(C)=O)[C@H](C)[C@@H](OC)C=CO[C@@]6(C)Oc7c(C)c(O)c(c(c7C6=O)C4=O)C5=O)CC3)C2)c(F)cc2c(=O)c(C(=O)O)cn(C3CC3)c12. The number of carboxylic acid groups (broad SMARTS) is 1. The predicted molar refractivity (Wildman–Crippen MR) is 296 cm³/mol. The molecule has 21 nitrogen and oxygen atoms in total. The maximum atomic E-state index is 16.3. The third kappa shape index (κ3) is 10.7. The average Bonchev–Trinajstić information content (AvgIpc) is 3.32. The van der Waals surface area contributed by atoms with Gasteiger partial charge in [-0.05, 0) is 58.1 Å². The normalized spacial score (nSPS) is 28.5. The van der Waals surface area contributed by atoms with Crippen LogP contribution in [0.1, 0.15) is 134 Å². The number of ketones is 3. The molecule has 7 aliphatic rings. The molecule has 0 radical (unpaired) electrons. The van der Waals surface area contributed by atoms with E-state index in [-0.39, 0.29) is 76.2 Å². The molecule has 6 heterocycles. The number of Topliss-reactive ketones (excluding diaryl/α,β-unsaturated/α-hetero) is 3. The lowest BCUT2D eigenvalue weighted by atomic mass is 9.78. The second kappa shape index (κ2) is 23.1. The van der Waals surface area contributed by atoms with Crippen LogP contribution in [0, 0.1) is 36.4 Å². The summed E-state index contributed by atoms with van der Waals surface area (Å²) in [4.78, 5) is 101. The van der Waals surface area contributed by atoms with E-state index in [1.807, 2.05) is 4.90 Å². The molecule has 3 aromatic rings. The number of likely N-dealkylation sites (tertiary alicyclic amines) is 1. The minimum atomic E-state index is -2.16. The summed E-state index contributed by atoms with van der Waals surface area (Å²) in [5.41, 5.74) is -2.59. The zero-order valence-electron chi connectivity index (χ0n) is 47.7. The number of aromatic nitrogens is 1. The Hall–Kier alpha value is -7.40. The maximum Gasteiger partial charge on any atom is 0.341 e. The van der Waals surface area contributed by atoms with Crippen LogP contribution in [0.4, 0.5) is 10.1 Å².